The molecule has 0 aliphatic heterocycles. The SMILES string of the molecule is CCC(C=CCO)OC(=O)C(OC)(c1ccccc1)C(F)(F)F. The summed E-state index contributed by atoms with van der Waals surface area (Å²) in [5, 5.41) is 8.73. The fraction of sp³-hybridized carbons (Fsp3) is 0.438. The molecule has 0 aliphatic carbocycles. The summed E-state index contributed by atoms with van der Waals surface area (Å²) >= 11 is 0. The Kier molecular flexibility index (Phi) is 6.78. The van der Waals surface area contributed by atoms with Gasteiger partial charge in [-0.2, -0.15) is 13.2 Å². The van der Waals surface area contributed by atoms with Crippen LogP contribution >= 0.6 is 0 Å². The minimum Gasteiger partial charge on any atom is -0.455 e. The van der Waals surface area contributed by atoms with E-state index in [0.717, 1.165) is 19.2 Å². The maximum absolute atomic E-state index is 13.6. The maximum atomic E-state index is 13.6. The number of aliphatic hydroxyl groups is 1. The van der Waals surface area contributed by atoms with E-state index in [4.69, 9.17) is 9.84 Å². The van der Waals surface area contributed by atoms with E-state index >= 15 is 0 Å². The van der Waals surface area contributed by atoms with Crippen molar-refractivity contribution in [2.75, 3.05) is 13.7 Å². The van der Waals surface area contributed by atoms with Crippen LogP contribution in [0.2, 0.25) is 0 Å². The van der Waals surface area contributed by atoms with Crippen molar-refractivity contribution in [2.24, 2.45) is 0 Å². The Morgan fingerprint density at radius 1 is 1.30 bits per heavy atom. The van der Waals surface area contributed by atoms with E-state index in [-0.39, 0.29) is 18.6 Å². The van der Waals surface area contributed by atoms with E-state index in [9.17, 15) is 18.0 Å². The topological polar surface area (TPSA) is 55.8 Å². The molecule has 1 aromatic carbocycles. The van der Waals surface area contributed by atoms with Gasteiger partial charge in [0, 0.05) is 12.7 Å². The lowest BCUT2D eigenvalue weighted by Crippen LogP contribution is -2.52. The molecule has 0 aliphatic rings. The van der Waals surface area contributed by atoms with Crippen molar-refractivity contribution >= 4 is 5.97 Å². The zero-order valence-corrected chi connectivity index (χ0v) is 12.8. The van der Waals surface area contributed by atoms with Crippen molar-refractivity contribution in [3.63, 3.8) is 0 Å². The van der Waals surface area contributed by atoms with Crippen LogP contribution < -0.4 is 0 Å². The Morgan fingerprint density at radius 3 is 2.35 bits per heavy atom. The number of aliphatic hydroxyl groups excluding tert-OH is 1. The van der Waals surface area contributed by atoms with E-state index in [1.165, 1.54) is 30.4 Å². The molecule has 0 saturated heterocycles. The molecule has 4 nitrogen and oxygen atoms in total. The van der Waals surface area contributed by atoms with Crippen LogP contribution in [0, 0.1) is 0 Å². The van der Waals surface area contributed by atoms with E-state index in [0.29, 0.717) is 0 Å². The fourth-order valence-corrected chi connectivity index (χ4v) is 2.08. The molecule has 0 heterocycles. The van der Waals surface area contributed by atoms with Crippen LogP contribution in [0.3, 0.4) is 0 Å². The molecule has 7 heteroatoms. The first-order valence-corrected chi connectivity index (χ1v) is 6.99. The van der Waals surface area contributed by atoms with Crippen LogP contribution in [-0.4, -0.2) is 37.1 Å². The zero-order chi connectivity index (χ0) is 17.5. The normalized spacial score (nSPS) is 16.1. The number of hydrogen-bond acceptors (Lipinski definition) is 4. The quantitative estimate of drug-likeness (QED) is 0.616. The molecule has 0 radical (unpaired) electrons. The Morgan fingerprint density at radius 2 is 1.91 bits per heavy atom. The minimum atomic E-state index is -5.00. The van der Waals surface area contributed by atoms with Crippen LogP contribution in [0.15, 0.2) is 42.5 Å². The van der Waals surface area contributed by atoms with Crippen molar-refractivity contribution in [1.29, 1.82) is 0 Å². The molecule has 1 rings (SSSR count). The molecule has 1 aromatic rings. The van der Waals surface area contributed by atoms with Crippen molar-refractivity contribution in [3.8, 4) is 0 Å². The summed E-state index contributed by atoms with van der Waals surface area (Å²) in [5.41, 5.74) is -3.56. The van der Waals surface area contributed by atoms with Crippen molar-refractivity contribution in [2.45, 2.75) is 31.2 Å². The number of ether oxygens (including phenoxy) is 2. The molecular formula is C16H19F3O4. The monoisotopic (exact) mass is 332 g/mol. The molecule has 0 amide bonds. The second-order valence-electron chi connectivity index (χ2n) is 4.71. The Balaban J connectivity index is 3.25. The third kappa shape index (κ3) is 4.11. The number of benzene rings is 1. The van der Waals surface area contributed by atoms with Crippen LogP contribution in [0.4, 0.5) is 13.2 Å². The van der Waals surface area contributed by atoms with Gasteiger partial charge in [-0.05, 0) is 12.5 Å². The smallest absolute Gasteiger partial charge is 0.432 e. The van der Waals surface area contributed by atoms with Gasteiger partial charge >= 0.3 is 12.1 Å². The van der Waals surface area contributed by atoms with Gasteiger partial charge in [-0.15, -0.1) is 0 Å². The maximum Gasteiger partial charge on any atom is 0.432 e. The Bertz CT molecular complexity index is 528. The molecule has 1 N–H and O–H groups in total. The van der Waals surface area contributed by atoms with Crippen LogP contribution in [0.5, 0.6) is 0 Å². The molecule has 0 saturated carbocycles. The molecule has 2 atom stereocenters. The van der Waals surface area contributed by atoms with Gasteiger partial charge in [0.05, 0.1) is 6.61 Å². The van der Waals surface area contributed by atoms with Gasteiger partial charge in [0.1, 0.15) is 6.10 Å². The number of rotatable bonds is 7. The summed E-state index contributed by atoms with van der Waals surface area (Å²) in [4.78, 5) is 12.3. The third-order valence-corrected chi connectivity index (χ3v) is 3.29. The largest absolute Gasteiger partial charge is 0.455 e. The first kappa shape index (κ1) is 19.2. The van der Waals surface area contributed by atoms with Gasteiger partial charge in [0.25, 0.3) is 5.60 Å². The van der Waals surface area contributed by atoms with Crippen LogP contribution in [-0.2, 0) is 19.9 Å². The molecule has 128 valence electrons. The van der Waals surface area contributed by atoms with Crippen molar-refractivity contribution in [1.82, 2.24) is 0 Å². The third-order valence-electron chi connectivity index (χ3n) is 3.29. The summed E-state index contributed by atoms with van der Waals surface area (Å²) in [5.74, 6) is -1.55. The number of hydrogen-bond donors (Lipinski definition) is 1. The van der Waals surface area contributed by atoms with Gasteiger partial charge in [0.2, 0.25) is 0 Å². The average Bonchev–Trinajstić information content (AvgIpc) is 2.52. The lowest BCUT2D eigenvalue weighted by atomic mass is 9.92. The van der Waals surface area contributed by atoms with Gasteiger partial charge in [-0.3, -0.25) is 0 Å². The van der Waals surface area contributed by atoms with E-state index in [1.807, 2.05) is 0 Å². The van der Waals surface area contributed by atoms with E-state index in [1.54, 1.807) is 6.92 Å². The van der Waals surface area contributed by atoms with E-state index in [2.05, 4.69) is 4.74 Å². The highest BCUT2D eigenvalue weighted by Gasteiger charge is 2.64. The second-order valence-corrected chi connectivity index (χ2v) is 4.71. The number of esters is 1. The average molecular weight is 332 g/mol. The van der Waals surface area contributed by atoms with Gasteiger partial charge in [0.15, 0.2) is 0 Å². The van der Waals surface area contributed by atoms with Crippen LogP contribution in [0.25, 0.3) is 0 Å². The van der Waals surface area contributed by atoms with Gasteiger partial charge < -0.3 is 14.6 Å². The molecule has 2 unspecified atom stereocenters. The zero-order valence-electron chi connectivity index (χ0n) is 12.8. The summed E-state index contributed by atoms with van der Waals surface area (Å²) in [6, 6.07) is 6.60. The standard InChI is InChI=1S/C16H19F3O4/c1-3-13(10-7-11-20)23-14(21)15(22-2,16(17,18)19)12-8-5-4-6-9-12/h4-10,13,20H,3,11H2,1-2H3. The van der Waals surface area contributed by atoms with E-state index < -0.39 is 23.9 Å². The number of carbonyl (C=O) groups is 1. The number of alkyl halides is 3. The van der Waals surface area contributed by atoms with Gasteiger partial charge in [-0.1, -0.05) is 43.3 Å². The number of halogens is 3. The highest BCUT2D eigenvalue weighted by molar-refractivity contribution is 5.83. The highest BCUT2D eigenvalue weighted by atomic mass is 19.4. The Hall–Kier alpha value is -1.86. The first-order chi connectivity index (χ1) is 10.8. The summed E-state index contributed by atoms with van der Waals surface area (Å²) in [6.07, 6.45) is -3.00. The first-order valence-electron chi connectivity index (χ1n) is 6.99. The lowest BCUT2D eigenvalue weighted by Gasteiger charge is -2.33. The minimum absolute atomic E-state index is 0.259. The predicted octanol–water partition coefficient (Wildman–Crippen LogP) is 2.96. The molecular weight excluding hydrogens is 313 g/mol. The molecule has 0 fully saturated rings. The van der Waals surface area contributed by atoms with Crippen molar-refractivity contribution < 1.29 is 32.5 Å². The molecule has 0 aromatic heterocycles. The summed E-state index contributed by atoms with van der Waals surface area (Å²) < 4.78 is 50.5. The lowest BCUT2D eigenvalue weighted by molar-refractivity contribution is -0.277. The highest BCUT2D eigenvalue weighted by Crippen LogP contribution is 2.43. The fourth-order valence-electron chi connectivity index (χ4n) is 2.08. The number of carbonyl (C=O) groups excluding carboxylic acids is 1. The molecule has 0 spiro atoms. The summed E-state index contributed by atoms with van der Waals surface area (Å²) in [7, 11) is 0.812. The van der Waals surface area contributed by atoms with Crippen LogP contribution in [0.1, 0.15) is 18.9 Å². The predicted molar refractivity (Wildman–Crippen MR) is 77.6 cm³/mol. The molecule has 23 heavy (non-hydrogen) atoms. The number of methoxy groups -OCH3 is 1. The van der Waals surface area contributed by atoms with Gasteiger partial charge in [-0.25, -0.2) is 4.79 Å². The van der Waals surface area contributed by atoms with Crippen molar-refractivity contribution in [3.05, 3.63) is 48.0 Å². The Labute approximate surface area is 132 Å². The summed E-state index contributed by atoms with van der Waals surface area (Å²) in [6.45, 7) is 1.34. The molecule has 0 bridgehead atoms. The second kappa shape index (κ2) is 8.12.